The molecule has 84 valence electrons. The zero-order chi connectivity index (χ0) is 11.0. The molecule has 1 aliphatic rings. The third-order valence-electron chi connectivity index (χ3n) is 2.94. The molecule has 0 bridgehead atoms. The van der Waals surface area contributed by atoms with Crippen molar-refractivity contribution in [3.63, 3.8) is 0 Å². The Morgan fingerprint density at radius 2 is 2.44 bits per heavy atom. The van der Waals surface area contributed by atoms with Crippen LogP contribution in [-0.2, 0) is 0 Å². The van der Waals surface area contributed by atoms with Gasteiger partial charge in [-0.3, -0.25) is 0 Å². The van der Waals surface area contributed by atoms with Crippen LogP contribution >= 0.6 is 15.9 Å². The summed E-state index contributed by atoms with van der Waals surface area (Å²) in [7, 11) is 0. The van der Waals surface area contributed by atoms with Crippen LogP contribution in [0.1, 0.15) is 18.9 Å². The molecular formula is C10H12BrN5. The van der Waals surface area contributed by atoms with Crippen molar-refractivity contribution in [2.24, 2.45) is 0 Å². The van der Waals surface area contributed by atoms with Crippen molar-refractivity contribution in [3.8, 4) is 0 Å². The average molecular weight is 282 g/mol. The molecule has 16 heavy (non-hydrogen) atoms. The van der Waals surface area contributed by atoms with E-state index in [0.717, 1.165) is 35.1 Å². The molecule has 0 saturated carbocycles. The molecule has 1 fully saturated rings. The van der Waals surface area contributed by atoms with E-state index in [-0.39, 0.29) is 0 Å². The van der Waals surface area contributed by atoms with E-state index >= 15 is 0 Å². The Kier molecular flexibility index (Phi) is 2.61. The highest BCUT2D eigenvalue weighted by Crippen LogP contribution is 2.25. The van der Waals surface area contributed by atoms with Gasteiger partial charge in [-0.15, -0.1) is 0 Å². The number of nitrogens with zero attached hydrogens (tertiary/aromatic N) is 4. The average Bonchev–Trinajstić information content (AvgIpc) is 2.69. The summed E-state index contributed by atoms with van der Waals surface area (Å²) in [6.45, 7) is 2.07. The van der Waals surface area contributed by atoms with E-state index in [1.54, 1.807) is 12.5 Å². The first-order valence-corrected chi connectivity index (χ1v) is 6.20. The molecule has 0 unspecified atom stereocenters. The number of aromatic nitrogens is 4. The normalized spacial score (nSPS) is 21.4. The quantitative estimate of drug-likeness (QED) is 0.861. The number of nitrogens with one attached hydrogen (secondary N) is 1. The fraction of sp³-hybridized carbons (Fsp3) is 0.500. The number of fused-ring (bicyclic) bond motifs is 1. The van der Waals surface area contributed by atoms with Gasteiger partial charge in [0.05, 0.1) is 11.4 Å². The summed E-state index contributed by atoms with van der Waals surface area (Å²) in [5.41, 5.74) is 0.913. The van der Waals surface area contributed by atoms with Crippen LogP contribution in [0.2, 0.25) is 0 Å². The molecule has 0 radical (unpaired) electrons. The summed E-state index contributed by atoms with van der Waals surface area (Å²) in [4.78, 5) is 8.33. The van der Waals surface area contributed by atoms with Gasteiger partial charge in [0.15, 0.2) is 5.65 Å². The Hall–Kier alpha value is -1.01. The molecule has 1 aliphatic heterocycles. The van der Waals surface area contributed by atoms with Crippen LogP contribution in [-0.4, -0.2) is 32.8 Å². The Bertz CT molecular complexity index is 503. The fourth-order valence-corrected chi connectivity index (χ4v) is 2.59. The summed E-state index contributed by atoms with van der Waals surface area (Å²) in [5, 5.41) is 8.87. The maximum Gasteiger partial charge on any atom is 0.162 e. The van der Waals surface area contributed by atoms with Crippen LogP contribution in [0, 0.1) is 0 Å². The number of hydrogen-bond donors (Lipinski definition) is 1. The minimum atomic E-state index is 0.400. The van der Waals surface area contributed by atoms with E-state index in [0.29, 0.717) is 6.04 Å². The first-order valence-electron chi connectivity index (χ1n) is 5.40. The smallest absolute Gasteiger partial charge is 0.162 e. The largest absolute Gasteiger partial charge is 0.315 e. The van der Waals surface area contributed by atoms with Gasteiger partial charge >= 0.3 is 0 Å². The minimum absolute atomic E-state index is 0.400. The van der Waals surface area contributed by atoms with Crippen LogP contribution in [0.5, 0.6) is 0 Å². The SMILES string of the molecule is Brc1nn([C@@H]2CCCNC2)c2ncncc12. The lowest BCUT2D eigenvalue weighted by Gasteiger charge is -2.23. The second kappa shape index (κ2) is 4.10. The highest BCUT2D eigenvalue weighted by molar-refractivity contribution is 9.10. The van der Waals surface area contributed by atoms with Gasteiger partial charge in [0.25, 0.3) is 0 Å². The van der Waals surface area contributed by atoms with Crippen LogP contribution in [0.15, 0.2) is 17.1 Å². The third kappa shape index (κ3) is 1.62. The Labute approximate surface area is 101 Å². The molecule has 0 amide bonds. The van der Waals surface area contributed by atoms with Crippen molar-refractivity contribution in [1.82, 2.24) is 25.1 Å². The number of halogens is 1. The third-order valence-corrected chi connectivity index (χ3v) is 3.53. The molecule has 1 N–H and O–H groups in total. The molecule has 0 spiro atoms. The Morgan fingerprint density at radius 3 is 3.25 bits per heavy atom. The predicted molar refractivity (Wildman–Crippen MR) is 64.2 cm³/mol. The summed E-state index contributed by atoms with van der Waals surface area (Å²) < 4.78 is 2.83. The molecule has 2 aromatic heterocycles. The zero-order valence-corrected chi connectivity index (χ0v) is 10.3. The fourth-order valence-electron chi connectivity index (χ4n) is 2.14. The summed E-state index contributed by atoms with van der Waals surface area (Å²) >= 11 is 3.45. The van der Waals surface area contributed by atoms with Crippen LogP contribution in [0.3, 0.4) is 0 Å². The van der Waals surface area contributed by atoms with Gasteiger partial charge in [0, 0.05) is 12.7 Å². The number of piperidine rings is 1. The van der Waals surface area contributed by atoms with Crippen molar-refractivity contribution in [2.75, 3.05) is 13.1 Å². The molecule has 6 heteroatoms. The summed E-state index contributed by atoms with van der Waals surface area (Å²) in [6.07, 6.45) is 5.71. The van der Waals surface area contributed by atoms with E-state index in [1.165, 1.54) is 6.42 Å². The number of rotatable bonds is 1. The standard InChI is InChI=1S/C10H12BrN5/c11-9-8-5-13-6-14-10(8)16(15-9)7-2-1-3-12-4-7/h5-7,12H,1-4H2/t7-/m1/s1. The van der Waals surface area contributed by atoms with Crippen molar-refractivity contribution in [3.05, 3.63) is 17.1 Å². The lowest BCUT2D eigenvalue weighted by atomic mass is 10.1. The maximum atomic E-state index is 4.50. The first-order chi connectivity index (χ1) is 7.86. The summed E-state index contributed by atoms with van der Waals surface area (Å²) in [6, 6.07) is 0.400. The maximum absolute atomic E-state index is 4.50. The topological polar surface area (TPSA) is 55.6 Å². The summed E-state index contributed by atoms with van der Waals surface area (Å²) in [5.74, 6) is 0. The molecule has 0 aliphatic carbocycles. The van der Waals surface area contributed by atoms with Crippen LogP contribution < -0.4 is 5.32 Å². The van der Waals surface area contributed by atoms with Gasteiger partial charge in [-0.1, -0.05) is 0 Å². The molecule has 1 atom stereocenters. The molecule has 1 saturated heterocycles. The predicted octanol–water partition coefficient (Wildman–Crippen LogP) is 1.51. The van der Waals surface area contributed by atoms with Crippen molar-refractivity contribution in [1.29, 1.82) is 0 Å². The molecule has 3 rings (SSSR count). The first kappa shape index (κ1) is 10.2. The van der Waals surface area contributed by atoms with Crippen molar-refractivity contribution < 1.29 is 0 Å². The molecular weight excluding hydrogens is 270 g/mol. The lowest BCUT2D eigenvalue weighted by molar-refractivity contribution is 0.352. The van der Waals surface area contributed by atoms with Crippen LogP contribution in [0.4, 0.5) is 0 Å². The highest BCUT2D eigenvalue weighted by atomic mass is 79.9. The Morgan fingerprint density at radius 1 is 1.50 bits per heavy atom. The van der Waals surface area contributed by atoms with Crippen molar-refractivity contribution in [2.45, 2.75) is 18.9 Å². The van der Waals surface area contributed by atoms with Gasteiger partial charge in [0.2, 0.25) is 0 Å². The molecule has 2 aromatic rings. The van der Waals surface area contributed by atoms with Gasteiger partial charge in [-0.05, 0) is 35.3 Å². The second-order valence-electron chi connectivity index (χ2n) is 4.00. The van der Waals surface area contributed by atoms with Gasteiger partial charge in [-0.2, -0.15) is 5.10 Å². The number of hydrogen-bond acceptors (Lipinski definition) is 4. The van der Waals surface area contributed by atoms with E-state index in [4.69, 9.17) is 0 Å². The molecule has 3 heterocycles. The van der Waals surface area contributed by atoms with E-state index in [1.807, 2.05) is 4.68 Å². The van der Waals surface area contributed by atoms with Gasteiger partial charge in [-0.25, -0.2) is 14.6 Å². The highest BCUT2D eigenvalue weighted by Gasteiger charge is 2.20. The van der Waals surface area contributed by atoms with E-state index in [9.17, 15) is 0 Å². The monoisotopic (exact) mass is 281 g/mol. The Balaban J connectivity index is 2.08. The van der Waals surface area contributed by atoms with Crippen molar-refractivity contribution >= 4 is 27.0 Å². The van der Waals surface area contributed by atoms with Crippen LogP contribution in [0.25, 0.3) is 11.0 Å². The van der Waals surface area contributed by atoms with Gasteiger partial charge < -0.3 is 5.32 Å². The van der Waals surface area contributed by atoms with Gasteiger partial charge in [0.1, 0.15) is 10.9 Å². The second-order valence-corrected chi connectivity index (χ2v) is 4.75. The molecule has 5 nitrogen and oxygen atoms in total. The molecule has 0 aromatic carbocycles. The van der Waals surface area contributed by atoms with E-state index in [2.05, 4.69) is 36.3 Å². The lowest BCUT2D eigenvalue weighted by Crippen LogP contribution is -2.32. The zero-order valence-electron chi connectivity index (χ0n) is 8.73. The van der Waals surface area contributed by atoms with E-state index < -0.39 is 0 Å². The minimum Gasteiger partial charge on any atom is -0.315 e.